The second kappa shape index (κ2) is 11.1. The van der Waals surface area contributed by atoms with Gasteiger partial charge in [0.15, 0.2) is 0 Å². The Hall–Kier alpha value is 0.130. The SMILES string of the molecule is C1COCCO1.Cl.NCC(=O)Cl. The molecule has 0 spiro atoms. The molecule has 0 amide bonds. The van der Waals surface area contributed by atoms with Crippen molar-refractivity contribution in [3.8, 4) is 0 Å². The summed E-state index contributed by atoms with van der Waals surface area (Å²) in [5.41, 5.74) is 4.69. The summed E-state index contributed by atoms with van der Waals surface area (Å²) in [6.07, 6.45) is 0. The summed E-state index contributed by atoms with van der Waals surface area (Å²) in [6.45, 7) is 3.04. The van der Waals surface area contributed by atoms with E-state index >= 15 is 0 Å². The molecule has 0 atom stereocenters. The maximum atomic E-state index is 9.45. The summed E-state index contributed by atoms with van der Waals surface area (Å²) in [7, 11) is 0. The normalized spacial score (nSPS) is 15.2. The molecule has 0 saturated carbocycles. The van der Waals surface area contributed by atoms with Gasteiger partial charge in [-0.25, -0.2) is 0 Å². The summed E-state index contributed by atoms with van der Waals surface area (Å²) in [5, 5.41) is -0.495. The molecule has 0 aromatic carbocycles. The van der Waals surface area contributed by atoms with Crippen molar-refractivity contribution in [1.29, 1.82) is 0 Å². The maximum absolute atomic E-state index is 9.45. The average molecular weight is 218 g/mol. The predicted octanol–water partition coefficient (Wildman–Crippen LogP) is 0.165. The van der Waals surface area contributed by atoms with Crippen LogP contribution >= 0.6 is 24.0 Å². The summed E-state index contributed by atoms with van der Waals surface area (Å²) < 4.78 is 9.89. The molecule has 1 saturated heterocycles. The monoisotopic (exact) mass is 217 g/mol. The molecule has 0 aliphatic carbocycles. The van der Waals surface area contributed by atoms with Crippen LogP contribution in [0.5, 0.6) is 0 Å². The lowest BCUT2D eigenvalue weighted by Crippen LogP contribution is -2.16. The van der Waals surface area contributed by atoms with Gasteiger partial charge in [-0.1, -0.05) is 0 Å². The van der Waals surface area contributed by atoms with E-state index in [1.54, 1.807) is 0 Å². The van der Waals surface area contributed by atoms with Gasteiger partial charge in [-0.15, -0.1) is 12.4 Å². The van der Waals surface area contributed by atoms with Gasteiger partial charge in [0.1, 0.15) is 0 Å². The number of halogens is 2. The van der Waals surface area contributed by atoms with Crippen molar-refractivity contribution < 1.29 is 14.3 Å². The van der Waals surface area contributed by atoms with Gasteiger partial charge >= 0.3 is 0 Å². The van der Waals surface area contributed by atoms with Crippen molar-refractivity contribution in [2.24, 2.45) is 5.73 Å². The molecular weight excluding hydrogens is 205 g/mol. The minimum Gasteiger partial charge on any atom is -0.377 e. The molecule has 1 heterocycles. The molecule has 6 heteroatoms. The van der Waals surface area contributed by atoms with Crippen LogP contribution in [0.4, 0.5) is 0 Å². The van der Waals surface area contributed by atoms with Crippen LogP contribution in [0.1, 0.15) is 0 Å². The zero-order valence-electron chi connectivity index (χ0n) is 6.62. The first-order chi connectivity index (χ1) is 5.27. The first-order valence-electron chi connectivity index (χ1n) is 3.31. The molecule has 0 unspecified atom stereocenters. The maximum Gasteiger partial charge on any atom is 0.235 e. The minimum atomic E-state index is -0.495. The lowest BCUT2D eigenvalue weighted by atomic mass is 10.6. The summed E-state index contributed by atoms with van der Waals surface area (Å²) >= 11 is 4.70. The third kappa shape index (κ3) is 12.8. The Labute approximate surface area is 82.7 Å². The Kier molecular flexibility index (Phi) is 13.6. The van der Waals surface area contributed by atoms with Gasteiger partial charge in [0.2, 0.25) is 5.24 Å². The molecule has 4 nitrogen and oxygen atoms in total. The summed E-state index contributed by atoms with van der Waals surface area (Å²) in [6, 6.07) is 0. The Morgan fingerprint density at radius 1 is 1.25 bits per heavy atom. The second-order valence-electron chi connectivity index (χ2n) is 1.78. The van der Waals surface area contributed by atoms with E-state index in [1.165, 1.54) is 0 Å². The van der Waals surface area contributed by atoms with Crippen LogP contribution in [0, 0.1) is 0 Å². The van der Waals surface area contributed by atoms with Crippen LogP contribution in [0.3, 0.4) is 0 Å². The fourth-order valence-electron chi connectivity index (χ4n) is 0.440. The standard InChI is InChI=1S/C4H8O2.C2H4ClNO.ClH/c1-2-6-4-3-5-1;3-2(5)1-4;/h1-4H2;1,4H2;1H. The Morgan fingerprint density at radius 2 is 1.50 bits per heavy atom. The largest absolute Gasteiger partial charge is 0.377 e. The quantitative estimate of drug-likeness (QED) is 0.637. The van der Waals surface area contributed by atoms with Crippen LogP contribution in [0.25, 0.3) is 0 Å². The van der Waals surface area contributed by atoms with E-state index in [0.29, 0.717) is 0 Å². The van der Waals surface area contributed by atoms with Crippen LogP contribution in [-0.4, -0.2) is 38.2 Å². The first kappa shape index (κ1) is 14.6. The van der Waals surface area contributed by atoms with E-state index in [0.717, 1.165) is 26.4 Å². The minimum absolute atomic E-state index is 0. The van der Waals surface area contributed by atoms with Crippen LogP contribution in [-0.2, 0) is 14.3 Å². The molecule has 2 N–H and O–H groups in total. The van der Waals surface area contributed by atoms with E-state index in [1.807, 2.05) is 0 Å². The van der Waals surface area contributed by atoms with Crippen LogP contribution < -0.4 is 5.73 Å². The van der Waals surface area contributed by atoms with Gasteiger partial charge in [0.05, 0.1) is 33.0 Å². The molecule has 0 bridgehead atoms. The molecule has 1 aliphatic heterocycles. The van der Waals surface area contributed by atoms with Crippen LogP contribution in [0.2, 0.25) is 0 Å². The number of ether oxygens (including phenoxy) is 2. The van der Waals surface area contributed by atoms with Gasteiger partial charge < -0.3 is 15.2 Å². The number of rotatable bonds is 1. The third-order valence-corrected chi connectivity index (χ3v) is 1.06. The lowest BCUT2D eigenvalue weighted by Gasteiger charge is -2.09. The molecule has 1 rings (SSSR count). The smallest absolute Gasteiger partial charge is 0.235 e. The molecule has 12 heavy (non-hydrogen) atoms. The number of carbonyl (C=O) groups is 1. The van der Waals surface area contributed by atoms with E-state index in [9.17, 15) is 4.79 Å². The van der Waals surface area contributed by atoms with Crippen molar-refractivity contribution in [2.75, 3.05) is 33.0 Å². The number of carbonyl (C=O) groups excluding carboxylic acids is 1. The van der Waals surface area contributed by atoms with Gasteiger partial charge in [-0.2, -0.15) is 0 Å². The zero-order chi connectivity index (χ0) is 8.53. The molecule has 1 fully saturated rings. The van der Waals surface area contributed by atoms with E-state index in [-0.39, 0.29) is 19.0 Å². The molecule has 0 aromatic rings. The van der Waals surface area contributed by atoms with Gasteiger partial charge in [0.25, 0.3) is 0 Å². The molecule has 0 aromatic heterocycles. The zero-order valence-corrected chi connectivity index (χ0v) is 8.20. The summed E-state index contributed by atoms with van der Waals surface area (Å²) in [5.74, 6) is 0. The Morgan fingerprint density at radius 3 is 1.58 bits per heavy atom. The second-order valence-corrected chi connectivity index (χ2v) is 2.21. The Balaban J connectivity index is 0. The highest BCUT2D eigenvalue weighted by atomic mass is 35.5. The van der Waals surface area contributed by atoms with Crippen molar-refractivity contribution in [3.63, 3.8) is 0 Å². The fraction of sp³-hybridized carbons (Fsp3) is 0.833. The van der Waals surface area contributed by atoms with Crippen molar-refractivity contribution in [2.45, 2.75) is 0 Å². The van der Waals surface area contributed by atoms with Gasteiger partial charge in [-0.3, -0.25) is 4.79 Å². The highest BCUT2D eigenvalue weighted by molar-refractivity contribution is 6.64. The highest BCUT2D eigenvalue weighted by Crippen LogP contribution is 1.85. The van der Waals surface area contributed by atoms with Gasteiger partial charge in [-0.05, 0) is 11.6 Å². The number of nitrogens with two attached hydrogens (primary N) is 1. The first-order valence-corrected chi connectivity index (χ1v) is 3.69. The number of hydrogen-bond donors (Lipinski definition) is 1. The molecular formula is C6H13Cl2NO3. The fourth-order valence-corrected chi connectivity index (χ4v) is 0.440. The Bertz CT molecular complexity index is 97.5. The predicted molar refractivity (Wildman–Crippen MR) is 48.8 cm³/mol. The van der Waals surface area contributed by atoms with Crippen LogP contribution in [0.15, 0.2) is 0 Å². The van der Waals surface area contributed by atoms with Crippen molar-refractivity contribution in [3.05, 3.63) is 0 Å². The van der Waals surface area contributed by atoms with Gasteiger partial charge in [0, 0.05) is 0 Å². The average Bonchev–Trinajstić information content (AvgIpc) is 2.09. The van der Waals surface area contributed by atoms with E-state index in [2.05, 4.69) is 5.73 Å². The third-order valence-electron chi connectivity index (χ3n) is 0.905. The molecule has 1 aliphatic rings. The molecule has 0 radical (unpaired) electrons. The molecule has 74 valence electrons. The van der Waals surface area contributed by atoms with E-state index in [4.69, 9.17) is 21.1 Å². The topological polar surface area (TPSA) is 61.6 Å². The van der Waals surface area contributed by atoms with Crippen molar-refractivity contribution >= 4 is 29.3 Å². The summed E-state index contributed by atoms with van der Waals surface area (Å²) in [4.78, 5) is 9.45. The highest BCUT2D eigenvalue weighted by Gasteiger charge is 1.94. The lowest BCUT2D eigenvalue weighted by molar-refractivity contribution is -0.110. The van der Waals surface area contributed by atoms with E-state index < -0.39 is 5.24 Å². The number of hydrogen-bond acceptors (Lipinski definition) is 4. The van der Waals surface area contributed by atoms with Crippen molar-refractivity contribution in [1.82, 2.24) is 0 Å².